The molecule has 1 aromatic carbocycles. The smallest absolute Gasteiger partial charge is 0.227 e. The second kappa shape index (κ2) is 7.45. The van der Waals surface area contributed by atoms with E-state index < -0.39 is 6.10 Å². The number of hydrogen-bond acceptors (Lipinski definition) is 5. The number of carbonyl (C=O) groups is 1. The SMILES string of the molecule is Cc1noc(C)c1CC(=O)N1CCN(c2ccc(C(C)O)cc2F)CC1. The summed E-state index contributed by atoms with van der Waals surface area (Å²) in [4.78, 5) is 16.3. The van der Waals surface area contributed by atoms with Crippen LogP contribution in [-0.4, -0.2) is 47.2 Å². The molecule has 1 amide bonds. The topological polar surface area (TPSA) is 69.8 Å². The summed E-state index contributed by atoms with van der Waals surface area (Å²) in [6, 6.07) is 4.80. The molecule has 26 heavy (non-hydrogen) atoms. The quantitative estimate of drug-likeness (QED) is 0.905. The Morgan fingerprint density at radius 2 is 2.00 bits per heavy atom. The zero-order chi connectivity index (χ0) is 18.8. The lowest BCUT2D eigenvalue weighted by Crippen LogP contribution is -2.49. The first-order valence-corrected chi connectivity index (χ1v) is 8.78. The minimum atomic E-state index is -0.697. The summed E-state index contributed by atoms with van der Waals surface area (Å²) in [6.07, 6.45) is -0.421. The van der Waals surface area contributed by atoms with Gasteiger partial charge in [-0.15, -0.1) is 0 Å². The highest BCUT2D eigenvalue weighted by molar-refractivity contribution is 5.79. The van der Waals surface area contributed by atoms with E-state index in [4.69, 9.17) is 4.52 Å². The van der Waals surface area contributed by atoms with Crippen molar-refractivity contribution in [2.45, 2.75) is 33.3 Å². The molecule has 0 bridgehead atoms. The van der Waals surface area contributed by atoms with Gasteiger partial charge in [-0.3, -0.25) is 4.79 Å². The molecule has 0 aliphatic carbocycles. The van der Waals surface area contributed by atoms with Gasteiger partial charge in [-0.1, -0.05) is 11.2 Å². The van der Waals surface area contributed by atoms with Crippen LogP contribution in [0.2, 0.25) is 0 Å². The predicted octanol–water partition coefficient (Wildman–Crippen LogP) is 2.38. The number of carbonyl (C=O) groups excluding carboxylic acids is 1. The number of halogens is 1. The molecule has 1 saturated heterocycles. The normalized spacial score (nSPS) is 16.0. The molecule has 0 radical (unpaired) electrons. The van der Waals surface area contributed by atoms with Crippen molar-refractivity contribution in [2.24, 2.45) is 0 Å². The van der Waals surface area contributed by atoms with Gasteiger partial charge < -0.3 is 19.4 Å². The molecule has 1 N–H and O–H groups in total. The number of aliphatic hydroxyl groups is 1. The first kappa shape index (κ1) is 18.4. The number of rotatable bonds is 4. The number of aromatic nitrogens is 1. The third kappa shape index (κ3) is 3.72. The van der Waals surface area contributed by atoms with Crippen LogP contribution in [0.1, 0.15) is 35.6 Å². The number of piperazine rings is 1. The Hall–Kier alpha value is -2.41. The van der Waals surface area contributed by atoms with Gasteiger partial charge >= 0.3 is 0 Å². The number of hydrogen-bond donors (Lipinski definition) is 1. The first-order chi connectivity index (χ1) is 12.4. The Balaban J connectivity index is 1.61. The van der Waals surface area contributed by atoms with Crippen LogP contribution in [0.3, 0.4) is 0 Å². The largest absolute Gasteiger partial charge is 0.389 e. The summed E-state index contributed by atoms with van der Waals surface area (Å²) in [5.41, 5.74) is 2.65. The van der Waals surface area contributed by atoms with Gasteiger partial charge in [0.15, 0.2) is 0 Å². The Morgan fingerprint density at radius 3 is 2.54 bits per heavy atom. The predicted molar refractivity (Wildman–Crippen MR) is 95.5 cm³/mol. The van der Waals surface area contributed by atoms with Crippen LogP contribution in [0.5, 0.6) is 0 Å². The molecule has 140 valence electrons. The lowest BCUT2D eigenvalue weighted by molar-refractivity contribution is -0.130. The van der Waals surface area contributed by atoms with Crippen LogP contribution >= 0.6 is 0 Å². The highest BCUT2D eigenvalue weighted by Gasteiger charge is 2.24. The number of benzene rings is 1. The minimum Gasteiger partial charge on any atom is -0.389 e. The number of aryl methyl sites for hydroxylation is 2. The van der Waals surface area contributed by atoms with Crippen LogP contribution in [0.15, 0.2) is 22.7 Å². The van der Waals surface area contributed by atoms with E-state index >= 15 is 0 Å². The molecule has 2 aromatic rings. The van der Waals surface area contributed by atoms with Gasteiger partial charge in [0, 0.05) is 31.7 Å². The number of aliphatic hydroxyl groups excluding tert-OH is 1. The average molecular weight is 361 g/mol. The maximum Gasteiger partial charge on any atom is 0.227 e. The van der Waals surface area contributed by atoms with E-state index in [1.54, 1.807) is 30.9 Å². The van der Waals surface area contributed by atoms with Crippen LogP contribution in [0.4, 0.5) is 10.1 Å². The van der Waals surface area contributed by atoms with Crippen molar-refractivity contribution in [1.29, 1.82) is 0 Å². The molecular weight excluding hydrogens is 337 g/mol. The van der Waals surface area contributed by atoms with Crippen LogP contribution in [0.25, 0.3) is 0 Å². The monoisotopic (exact) mass is 361 g/mol. The fourth-order valence-corrected chi connectivity index (χ4v) is 3.25. The zero-order valence-corrected chi connectivity index (χ0v) is 15.3. The summed E-state index contributed by atoms with van der Waals surface area (Å²) < 4.78 is 19.5. The lowest BCUT2D eigenvalue weighted by Gasteiger charge is -2.36. The summed E-state index contributed by atoms with van der Waals surface area (Å²) in [6.45, 7) is 7.46. The van der Waals surface area contributed by atoms with Crippen LogP contribution in [0, 0.1) is 19.7 Å². The minimum absolute atomic E-state index is 0.0315. The highest BCUT2D eigenvalue weighted by Crippen LogP contribution is 2.25. The van der Waals surface area contributed by atoms with Crippen molar-refractivity contribution in [3.8, 4) is 0 Å². The van der Waals surface area contributed by atoms with Gasteiger partial charge in [0.1, 0.15) is 11.6 Å². The van der Waals surface area contributed by atoms with E-state index in [-0.39, 0.29) is 18.1 Å². The molecule has 1 aromatic heterocycles. The van der Waals surface area contributed by atoms with Gasteiger partial charge in [0.2, 0.25) is 5.91 Å². The van der Waals surface area contributed by atoms with E-state index in [9.17, 15) is 14.3 Å². The van der Waals surface area contributed by atoms with E-state index in [2.05, 4.69) is 5.16 Å². The standard InChI is InChI=1S/C19H24FN3O3/c1-12-16(14(3)26-21-12)11-19(25)23-8-6-22(7-9-23)18-5-4-15(13(2)24)10-17(18)20/h4-5,10,13,24H,6-9,11H2,1-3H3. The third-order valence-electron chi connectivity index (χ3n) is 4.94. The fourth-order valence-electron chi connectivity index (χ4n) is 3.25. The summed E-state index contributed by atoms with van der Waals surface area (Å²) >= 11 is 0. The van der Waals surface area contributed by atoms with Crippen molar-refractivity contribution in [3.63, 3.8) is 0 Å². The van der Waals surface area contributed by atoms with E-state index in [1.807, 2.05) is 11.8 Å². The molecule has 1 aliphatic rings. The molecule has 1 atom stereocenters. The molecule has 2 heterocycles. The molecule has 1 fully saturated rings. The van der Waals surface area contributed by atoms with Crippen molar-refractivity contribution in [3.05, 3.63) is 46.6 Å². The van der Waals surface area contributed by atoms with Gasteiger partial charge in [-0.25, -0.2) is 4.39 Å². The molecule has 0 saturated carbocycles. The van der Waals surface area contributed by atoms with Crippen molar-refractivity contribution in [2.75, 3.05) is 31.1 Å². The first-order valence-electron chi connectivity index (χ1n) is 8.78. The van der Waals surface area contributed by atoms with E-state index in [1.165, 1.54) is 6.07 Å². The number of amides is 1. The van der Waals surface area contributed by atoms with E-state index in [0.29, 0.717) is 43.2 Å². The van der Waals surface area contributed by atoms with E-state index in [0.717, 1.165) is 11.3 Å². The second-order valence-electron chi connectivity index (χ2n) is 6.73. The average Bonchev–Trinajstić information content (AvgIpc) is 2.93. The number of nitrogens with zero attached hydrogens (tertiary/aromatic N) is 3. The second-order valence-corrected chi connectivity index (χ2v) is 6.73. The Kier molecular flexibility index (Phi) is 5.27. The Morgan fingerprint density at radius 1 is 1.31 bits per heavy atom. The summed E-state index contributed by atoms with van der Waals surface area (Å²) in [5, 5.41) is 13.4. The van der Waals surface area contributed by atoms with Gasteiger partial charge in [-0.05, 0) is 38.5 Å². The fraction of sp³-hybridized carbons (Fsp3) is 0.474. The molecule has 7 heteroatoms. The highest BCUT2D eigenvalue weighted by atomic mass is 19.1. The van der Waals surface area contributed by atoms with Crippen LogP contribution < -0.4 is 4.90 Å². The molecule has 1 aliphatic heterocycles. The zero-order valence-electron chi connectivity index (χ0n) is 15.3. The third-order valence-corrected chi connectivity index (χ3v) is 4.94. The molecule has 6 nitrogen and oxygen atoms in total. The maximum absolute atomic E-state index is 14.3. The molecular formula is C19H24FN3O3. The molecule has 3 rings (SSSR count). The summed E-state index contributed by atoms with van der Waals surface area (Å²) in [5.74, 6) is 0.359. The lowest BCUT2D eigenvalue weighted by atomic mass is 10.1. The van der Waals surface area contributed by atoms with Gasteiger partial charge in [-0.2, -0.15) is 0 Å². The van der Waals surface area contributed by atoms with Crippen LogP contribution in [-0.2, 0) is 11.2 Å². The van der Waals surface area contributed by atoms with Crippen molar-refractivity contribution >= 4 is 11.6 Å². The van der Waals surface area contributed by atoms with Crippen molar-refractivity contribution < 1.29 is 18.8 Å². The summed E-state index contributed by atoms with van der Waals surface area (Å²) in [7, 11) is 0. The Bertz CT molecular complexity index is 776. The van der Waals surface area contributed by atoms with Crippen molar-refractivity contribution in [1.82, 2.24) is 10.1 Å². The number of anilines is 1. The maximum atomic E-state index is 14.3. The molecule has 0 spiro atoms. The molecule has 1 unspecified atom stereocenters. The van der Waals surface area contributed by atoms with Gasteiger partial charge in [0.25, 0.3) is 0 Å². The van der Waals surface area contributed by atoms with Gasteiger partial charge in [0.05, 0.1) is 23.9 Å². The Labute approximate surface area is 152 Å².